The maximum absolute atomic E-state index is 12.6. The van der Waals surface area contributed by atoms with E-state index in [4.69, 9.17) is 20.8 Å². The van der Waals surface area contributed by atoms with E-state index in [0.717, 1.165) is 18.4 Å². The molecule has 1 fully saturated rings. The van der Waals surface area contributed by atoms with E-state index in [9.17, 15) is 9.59 Å². The second-order valence-corrected chi connectivity index (χ2v) is 6.63. The van der Waals surface area contributed by atoms with Gasteiger partial charge in [-0.05, 0) is 31.4 Å². The van der Waals surface area contributed by atoms with Gasteiger partial charge in [-0.25, -0.2) is 9.78 Å². The number of ether oxygens (including phenoxy) is 1. The van der Waals surface area contributed by atoms with Crippen LogP contribution in [0.25, 0.3) is 11.3 Å². The number of rotatable bonds is 5. The lowest BCUT2D eigenvalue weighted by Gasteiger charge is -2.33. The minimum absolute atomic E-state index is 0.0856. The van der Waals surface area contributed by atoms with E-state index in [0.29, 0.717) is 36.1 Å². The van der Waals surface area contributed by atoms with Crippen LogP contribution < -0.4 is 0 Å². The van der Waals surface area contributed by atoms with Crippen molar-refractivity contribution in [2.75, 3.05) is 13.7 Å². The predicted octanol–water partition coefficient (Wildman–Crippen LogP) is 3.48. The van der Waals surface area contributed by atoms with Gasteiger partial charge in [0, 0.05) is 24.9 Å². The molecule has 2 aromatic rings. The molecule has 1 unspecified atom stereocenters. The standard InChI is InChI=1S/C19H21ClN2O4/c1-25-19(24)15-8-4-5-11-22(15)18(23)10-9-17-21-12-16(26-17)13-6-2-3-7-14(13)20/h2-3,6-7,12,15H,4-5,8-11H2,1H3. The van der Waals surface area contributed by atoms with E-state index in [2.05, 4.69) is 4.98 Å². The first-order valence-electron chi connectivity index (χ1n) is 8.67. The van der Waals surface area contributed by atoms with Gasteiger partial charge in [-0.2, -0.15) is 0 Å². The Balaban J connectivity index is 1.63. The summed E-state index contributed by atoms with van der Waals surface area (Å²) in [5.41, 5.74) is 0.765. The van der Waals surface area contributed by atoms with Crippen molar-refractivity contribution in [2.45, 2.75) is 38.1 Å². The summed E-state index contributed by atoms with van der Waals surface area (Å²) in [7, 11) is 1.35. The van der Waals surface area contributed by atoms with Crippen LogP contribution in [0.15, 0.2) is 34.9 Å². The second kappa shape index (κ2) is 8.36. The number of methoxy groups -OCH3 is 1. The van der Waals surface area contributed by atoms with Crippen molar-refractivity contribution < 1.29 is 18.7 Å². The SMILES string of the molecule is COC(=O)C1CCCCN1C(=O)CCc1ncc(-c2ccccc2Cl)o1. The Morgan fingerprint density at radius 3 is 2.92 bits per heavy atom. The predicted molar refractivity (Wildman–Crippen MR) is 96.6 cm³/mol. The van der Waals surface area contributed by atoms with Crippen molar-refractivity contribution in [3.63, 3.8) is 0 Å². The Kier molecular flexibility index (Phi) is 5.93. The molecule has 0 bridgehead atoms. The number of oxazole rings is 1. The molecular formula is C19H21ClN2O4. The Labute approximate surface area is 157 Å². The lowest BCUT2D eigenvalue weighted by molar-refractivity contribution is -0.154. The number of carbonyl (C=O) groups is 2. The van der Waals surface area contributed by atoms with Crippen LogP contribution >= 0.6 is 11.6 Å². The van der Waals surface area contributed by atoms with Gasteiger partial charge in [0.2, 0.25) is 5.91 Å². The molecule has 6 nitrogen and oxygen atoms in total. The van der Waals surface area contributed by atoms with Gasteiger partial charge in [-0.3, -0.25) is 4.79 Å². The van der Waals surface area contributed by atoms with Gasteiger partial charge in [0.1, 0.15) is 6.04 Å². The number of nitrogens with zero attached hydrogens (tertiary/aromatic N) is 2. The molecule has 1 aliphatic heterocycles. The average molecular weight is 377 g/mol. The van der Waals surface area contributed by atoms with Crippen molar-refractivity contribution in [1.29, 1.82) is 0 Å². The smallest absolute Gasteiger partial charge is 0.328 e. The number of carbonyl (C=O) groups excluding carboxylic acids is 2. The molecule has 0 saturated carbocycles. The normalized spacial score (nSPS) is 17.2. The maximum atomic E-state index is 12.6. The molecule has 0 N–H and O–H groups in total. The second-order valence-electron chi connectivity index (χ2n) is 6.22. The first kappa shape index (κ1) is 18.5. The van der Waals surface area contributed by atoms with Crippen molar-refractivity contribution in [2.24, 2.45) is 0 Å². The van der Waals surface area contributed by atoms with Gasteiger partial charge < -0.3 is 14.1 Å². The van der Waals surface area contributed by atoms with Crippen molar-refractivity contribution in [3.05, 3.63) is 41.4 Å². The molecule has 1 saturated heterocycles. The van der Waals surface area contributed by atoms with E-state index < -0.39 is 6.04 Å². The van der Waals surface area contributed by atoms with Crippen LogP contribution in [0.4, 0.5) is 0 Å². The molecule has 3 rings (SSSR count). The number of benzene rings is 1. The number of hydrogen-bond donors (Lipinski definition) is 0. The number of amides is 1. The third kappa shape index (κ3) is 4.07. The van der Waals surface area contributed by atoms with Gasteiger partial charge in [-0.15, -0.1) is 0 Å². The van der Waals surface area contributed by atoms with Crippen LogP contribution in [-0.2, 0) is 20.7 Å². The number of halogens is 1. The van der Waals surface area contributed by atoms with E-state index >= 15 is 0 Å². The van der Waals surface area contributed by atoms with Crippen molar-refractivity contribution >= 4 is 23.5 Å². The van der Waals surface area contributed by atoms with E-state index in [-0.39, 0.29) is 18.3 Å². The molecule has 7 heteroatoms. The molecule has 0 aliphatic carbocycles. The highest BCUT2D eigenvalue weighted by Crippen LogP contribution is 2.28. The van der Waals surface area contributed by atoms with Gasteiger partial charge in [0.15, 0.2) is 11.7 Å². The number of likely N-dealkylation sites (tertiary alicyclic amines) is 1. The first-order valence-corrected chi connectivity index (χ1v) is 9.05. The molecule has 1 aromatic heterocycles. The van der Waals surface area contributed by atoms with Crippen LogP contribution in [-0.4, -0.2) is 41.5 Å². The molecule has 1 amide bonds. The Morgan fingerprint density at radius 2 is 2.15 bits per heavy atom. The number of hydrogen-bond acceptors (Lipinski definition) is 5. The Bertz CT molecular complexity index is 789. The van der Waals surface area contributed by atoms with E-state index in [1.165, 1.54) is 7.11 Å². The van der Waals surface area contributed by atoms with Gasteiger partial charge >= 0.3 is 5.97 Å². The largest absolute Gasteiger partial charge is 0.467 e. The quantitative estimate of drug-likeness (QED) is 0.747. The summed E-state index contributed by atoms with van der Waals surface area (Å²) in [4.78, 5) is 30.3. The summed E-state index contributed by atoms with van der Waals surface area (Å²) < 4.78 is 10.5. The summed E-state index contributed by atoms with van der Waals surface area (Å²) in [6.07, 6.45) is 4.68. The summed E-state index contributed by atoms with van der Waals surface area (Å²) in [6, 6.07) is 6.87. The van der Waals surface area contributed by atoms with Crippen LogP contribution in [0, 0.1) is 0 Å². The van der Waals surface area contributed by atoms with Crippen LogP contribution in [0.5, 0.6) is 0 Å². The molecular weight excluding hydrogens is 356 g/mol. The zero-order valence-electron chi connectivity index (χ0n) is 14.6. The Morgan fingerprint density at radius 1 is 1.35 bits per heavy atom. The first-order chi connectivity index (χ1) is 12.6. The summed E-state index contributed by atoms with van der Waals surface area (Å²) in [5, 5.41) is 0.584. The summed E-state index contributed by atoms with van der Waals surface area (Å²) in [6.45, 7) is 0.578. The molecule has 2 heterocycles. The average Bonchev–Trinajstić information content (AvgIpc) is 3.14. The molecule has 26 heavy (non-hydrogen) atoms. The highest BCUT2D eigenvalue weighted by atomic mass is 35.5. The highest BCUT2D eigenvalue weighted by molar-refractivity contribution is 6.33. The number of piperidine rings is 1. The van der Waals surface area contributed by atoms with E-state index in [1.54, 1.807) is 17.2 Å². The molecule has 1 aliphatic rings. The van der Waals surface area contributed by atoms with Crippen LogP contribution in [0.2, 0.25) is 5.02 Å². The summed E-state index contributed by atoms with van der Waals surface area (Å²) >= 11 is 6.16. The monoisotopic (exact) mass is 376 g/mol. The minimum Gasteiger partial charge on any atom is -0.467 e. The molecule has 138 valence electrons. The van der Waals surface area contributed by atoms with Crippen LogP contribution in [0.3, 0.4) is 0 Å². The highest BCUT2D eigenvalue weighted by Gasteiger charge is 2.32. The molecule has 0 radical (unpaired) electrons. The maximum Gasteiger partial charge on any atom is 0.328 e. The zero-order chi connectivity index (χ0) is 18.5. The number of aryl methyl sites for hydroxylation is 1. The van der Waals surface area contributed by atoms with Crippen molar-refractivity contribution in [3.8, 4) is 11.3 Å². The zero-order valence-corrected chi connectivity index (χ0v) is 15.4. The molecule has 1 aromatic carbocycles. The van der Waals surface area contributed by atoms with Crippen LogP contribution in [0.1, 0.15) is 31.6 Å². The lowest BCUT2D eigenvalue weighted by atomic mass is 10.0. The third-order valence-electron chi connectivity index (χ3n) is 4.54. The minimum atomic E-state index is -0.482. The van der Waals surface area contributed by atoms with Gasteiger partial charge in [0.25, 0.3) is 0 Å². The van der Waals surface area contributed by atoms with Gasteiger partial charge in [-0.1, -0.05) is 23.7 Å². The van der Waals surface area contributed by atoms with Crippen molar-refractivity contribution in [1.82, 2.24) is 9.88 Å². The number of esters is 1. The fourth-order valence-electron chi connectivity index (χ4n) is 3.18. The Hall–Kier alpha value is -2.34. The fourth-order valence-corrected chi connectivity index (χ4v) is 3.41. The van der Waals surface area contributed by atoms with E-state index in [1.807, 2.05) is 18.2 Å². The topological polar surface area (TPSA) is 72.6 Å². The fraction of sp³-hybridized carbons (Fsp3) is 0.421. The number of aromatic nitrogens is 1. The van der Waals surface area contributed by atoms with Gasteiger partial charge in [0.05, 0.1) is 18.3 Å². The third-order valence-corrected chi connectivity index (χ3v) is 4.87. The summed E-state index contributed by atoms with van der Waals surface area (Å²) in [5.74, 6) is 0.608. The molecule has 0 spiro atoms. The lowest BCUT2D eigenvalue weighted by Crippen LogP contribution is -2.48. The molecule has 1 atom stereocenters.